The van der Waals surface area contributed by atoms with E-state index in [2.05, 4.69) is 0 Å². The van der Waals surface area contributed by atoms with Gasteiger partial charge >= 0.3 is 5.97 Å². The van der Waals surface area contributed by atoms with Crippen LogP contribution in [0.15, 0.2) is 30.3 Å². The Morgan fingerprint density at radius 1 is 1.22 bits per heavy atom. The number of rotatable bonds is 5. The highest BCUT2D eigenvalue weighted by Crippen LogP contribution is 2.21. The third kappa shape index (κ3) is 3.58. The van der Waals surface area contributed by atoms with Crippen LogP contribution in [0.2, 0.25) is 0 Å². The summed E-state index contributed by atoms with van der Waals surface area (Å²) in [5, 5.41) is 8.93. The van der Waals surface area contributed by atoms with Gasteiger partial charge in [-0.25, -0.2) is 0 Å². The fourth-order valence-corrected chi connectivity index (χ4v) is 1.84. The van der Waals surface area contributed by atoms with Gasteiger partial charge in [-0.3, -0.25) is 9.59 Å². The van der Waals surface area contributed by atoms with Gasteiger partial charge in [0.15, 0.2) is 0 Å². The highest BCUT2D eigenvalue weighted by molar-refractivity contribution is 5.75. The molecule has 1 amide bonds. The lowest BCUT2D eigenvalue weighted by Gasteiger charge is -2.30. The molecule has 1 N–H and O–H groups in total. The van der Waals surface area contributed by atoms with E-state index in [4.69, 9.17) is 5.11 Å². The maximum atomic E-state index is 11.6. The number of aliphatic carboxylic acids is 1. The molecule has 0 heterocycles. The Balaban J connectivity index is 2.86. The third-order valence-electron chi connectivity index (χ3n) is 3.05. The van der Waals surface area contributed by atoms with E-state index in [-0.39, 0.29) is 18.5 Å². The molecule has 1 aromatic carbocycles. The third-order valence-corrected chi connectivity index (χ3v) is 3.05. The second-order valence-electron chi connectivity index (χ2n) is 4.50. The van der Waals surface area contributed by atoms with Crippen LogP contribution in [0, 0.1) is 5.92 Å². The van der Waals surface area contributed by atoms with Gasteiger partial charge in [0.1, 0.15) is 0 Å². The van der Waals surface area contributed by atoms with E-state index in [1.54, 1.807) is 11.8 Å². The minimum atomic E-state index is -0.887. The van der Waals surface area contributed by atoms with Crippen molar-refractivity contribution in [2.45, 2.75) is 26.8 Å². The molecule has 0 fully saturated rings. The Morgan fingerprint density at radius 2 is 1.78 bits per heavy atom. The fourth-order valence-electron chi connectivity index (χ4n) is 1.84. The average Bonchev–Trinajstić information content (AvgIpc) is 2.35. The van der Waals surface area contributed by atoms with E-state index in [0.29, 0.717) is 0 Å². The molecule has 0 aromatic heterocycles. The molecule has 0 spiro atoms. The van der Waals surface area contributed by atoms with E-state index in [1.165, 1.54) is 6.92 Å². The predicted molar refractivity (Wildman–Crippen MR) is 69.0 cm³/mol. The van der Waals surface area contributed by atoms with Gasteiger partial charge in [-0.1, -0.05) is 37.3 Å². The van der Waals surface area contributed by atoms with Crippen molar-refractivity contribution in [3.8, 4) is 0 Å². The Morgan fingerprint density at radius 3 is 2.22 bits per heavy atom. The summed E-state index contributed by atoms with van der Waals surface area (Å²) in [5.74, 6) is -1.57. The van der Waals surface area contributed by atoms with Crippen molar-refractivity contribution in [2.24, 2.45) is 5.92 Å². The first-order valence-corrected chi connectivity index (χ1v) is 5.98. The molecule has 0 aliphatic carbocycles. The van der Waals surface area contributed by atoms with Gasteiger partial charge in [-0.05, 0) is 12.5 Å². The van der Waals surface area contributed by atoms with Gasteiger partial charge < -0.3 is 10.0 Å². The van der Waals surface area contributed by atoms with E-state index in [1.807, 2.05) is 37.3 Å². The first kappa shape index (κ1) is 14.2. The maximum absolute atomic E-state index is 11.6. The van der Waals surface area contributed by atoms with Crippen molar-refractivity contribution in [1.29, 1.82) is 0 Å². The van der Waals surface area contributed by atoms with Gasteiger partial charge in [0.2, 0.25) is 5.91 Å². The minimum absolute atomic E-state index is 0.112. The van der Waals surface area contributed by atoms with Crippen LogP contribution >= 0.6 is 0 Å². The monoisotopic (exact) mass is 249 g/mol. The van der Waals surface area contributed by atoms with E-state index >= 15 is 0 Å². The first-order valence-electron chi connectivity index (χ1n) is 5.98. The molecule has 0 radical (unpaired) electrons. The molecule has 2 atom stereocenters. The van der Waals surface area contributed by atoms with Crippen molar-refractivity contribution in [3.05, 3.63) is 35.9 Å². The van der Waals surface area contributed by atoms with E-state index in [9.17, 15) is 9.59 Å². The Bertz CT molecular complexity index is 416. The molecule has 0 bridgehead atoms. The molecular weight excluding hydrogens is 230 g/mol. The quantitative estimate of drug-likeness (QED) is 0.871. The van der Waals surface area contributed by atoms with Gasteiger partial charge in [0.05, 0.1) is 12.0 Å². The number of benzene rings is 1. The molecule has 0 aliphatic heterocycles. The van der Waals surface area contributed by atoms with E-state index < -0.39 is 11.9 Å². The SMILES string of the molecule is CC(=O)N(CC(C)C(=O)O)C(C)c1ccccc1. The Labute approximate surface area is 107 Å². The lowest BCUT2D eigenvalue weighted by Crippen LogP contribution is -2.37. The lowest BCUT2D eigenvalue weighted by molar-refractivity contribution is -0.143. The summed E-state index contributed by atoms with van der Waals surface area (Å²) in [6.07, 6.45) is 0. The topological polar surface area (TPSA) is 57.6 Å². The van der Waals surface area contributed by atoms with Crippen molar-refractivity contribution in [3.63, 3.8) is 0 Å². The van der Waals surface area contributed by atoms with Crippen molar-refractivity contribution in [1.82, 2.24) is 4.90 Å². The maximum Gasteiger partial charge on any atom is 0.308 e. The van der Waals surface area contributed by atoms with Crippen LogP contribution in [-0.2, 0) is 9.59 Å². The minimum Gasteiger partial charge on any atom is -0.481 e. The highest BCUT2D eigenvalue weighted by Gasteiger charge is 2.23. The van der Waals surface area contributed by atoms with Crippen LogP contribution in [0.1, 0.15) is 32.4 Å². The molecule has 1 aromatic rings. The molecule has 4 nitrogen and oxygen atoms in total. The zero-order chi connectivity index (χ0) is 13.7. The summed E-state index contributed by atoms with van der Waals surface area (Å²) >= 11 is 0. The summed E-state index contributed by atoms with van der Waals surface area (Å²) in [4.78, 5) is 24.1. The smallest absolute Gasteiger partial charge is 0.308 e. The zero-order valence-corrected chi connectivity index (χ0v) is 11.0. The van der Waals surface area contributed by atoms with Gasteiger partial charge in [0.25, 0.3) is 0 Å². The molecule has 98 valence electrons. The summed E-state index contributed by atoms with van der Waals surface area (Å²) in [6, 6.07) is 9.48. The normalized spacial score (nSPS) is 13.7. The number of carbonyl (C=O) groups is 2. The van der Waals surface area contributed by atoms with Crippen molar-refractivity contribution < 1.29 is 14.7 Å². The highest BCUT2D eigenvalue weighted by atomic mass is 16.4. The van der Waals surface area contributed by atoms with E-state index in [0.717, 1.165) is 5.56 Å². The van der Waals surface area contributed by atoms with Crippen LogP contribution < -0.4 is 0 Å². The van der Waals surface area contributed by atoms with Gasteiger partial charge in [-0.2, -0.15) is 0 Å². The molecule has 2 unspecified atom stereocenters. The number of carboxylic acid groups (broad SMARTS) is 1. The molecule has 0 saturated heterocycles. The van der Waals surface area contributed by atoms with Gasteiger partial charge in [-0.15, -0.1) is 0 Å². The zero-order valence-electron chi connectivity index (χ0n) is 11.0. The van der Waals surface area contributed by atoms with Crippen LogP contribution in [-0.4, -0.2) is 28.4 Å². The van der Waals surface area contributed by atoms with Crippen molar-refractivity contribution >= 4 is 11.9 Å². The standard InChI is InChI=1S/C14H19NO3/c1-10(14(17)18)9-15(12(3)16)11(2)13-7-5-4-6-8-13/h4-8,10-11H,9H2,1-3H3,(H,17,18). The van der Waals surface area contributed by atoms with Crippen LogP contribution in [0.3, 0.4) is 0 Å². The molecular formula is C14H19NO3. The molecule has 18 heavy (non-hydrogen) atoms. The average molecular weight is 249 g/mol. The number of nitrogens with zero attached hydrogens (tertiary/aromatic N) is 1. The summed E-state index contributed by atoms with van der Waals surface area (Å²) in [6.45, 7) is 5.20. The number of hydrogen-bond donors (Lipinski definition) is 1. The number of hydrogen-bond acceptors (Lipinski definition) is 2. The van der Waals surface area contributed by atoms with Crippen molar-refractivity contribution in [2.75, 3.05) is 6.54 Å². The molecule has 0 saturated carbocycles. The Kier molecular flexibility index (Phi) is 4.89. The predicted octanol–water partition coefficient (Wildman–Crippen LogP) is 2.32. The van der Waals surface area contributed by atoms with Crippen LogP contribution in [0.5, 0.6) is 0 Å². The molecule has 4 heteroatoms. The molecule has 1 rings (SSSR count). The summed E-state index contributed by atoms with van der Waals surface area (Å²) in [7, 11) is 0. The number of carbonyl (C=O) groups excluding carboxylic acids is 1. The largest absolute Gasteiger partial charge is 0.481 e. The first-order chi connectivity index (χ1) is 8.43. The fraction of sp³-hybridized carbons (Fsp3) is 0.429. The molecule has 0 aliphatic rings. The van der Waals surface area contributed by atoms with Crippen LogP contribution in [0.25, 0.3) is 0 Å². The summed E-state index contributed by atoms with van der Waals surface area (Å²) in [5.41, 5.74) is 1.00. The second kappa shape index (κ2) is 6.19. The Hall–Kier alpha value is -1.84. The lowest BCUT2D eigenvalue weighted by atomic mass is 10.0. The number of carboxylic acids is 1. The number of amides is 1. The summed E-state index contributed by atoms with van der Waals surface area (Å²) < 4.78 is 0. The van der Waals surface area contributed by atoms with Gasteiger partial charge in [0, 0.05) is 13.5 Å². The van der Waals surface area contributed by atoms with Crippen LogP contribution in [0.4, 0.5) is 0 Å². The second-order valence-corrected chi connectivity index (χ2v) is 4.50.